The molecule has 0 aliphatic rings. The summed E-state index contributed by atoms with van der Waals surface area (Å²) in [5.74, 6) is 0.627. The van der Waals surface area contributed by atoms with E-state index in [-0.39, 0.29) is 0 Å². The van der Waals surface area contributed by atoms with E-state index in [0.29, 0.717) is 11.3 Å². The second kappa shape index (κ2) is 8.57. The van der Waals surface area contributed by atoms with Crippen molar-refractivity contribution < 1.29 is 28.5 Å². The van der Waals surface area contributed by atoms with Gasteiger partial charge in [-0.05, 0) is 38.2 Å². The van der Waals surface area contributed by atoms with E-state index < -0.39 is 18.5 Å². The summed E-state index contributed by atoms with van der Waals surface area (Å²) in [4.78, 5) is 25.7. The predicted molar refractivity (Wildman–Crippen MR) is 95.6 cm³/mol. The Hall–Kier alpha value is -2.74. The molecule has 0 amide bonds. The van der Waals surface area contributed by atoms with E-state index in [1.165, 1.54) is 18.6 Å². The molecule has 0 bridgehead atoms. The Balaban J connectivity index is 2.31. The zero-order chi connectivity index (χ0) is 19.3. The van der Waals surface area contributed by atoms with Gasteiger partial charge in [0.1, 0.15) is 5.75 Å². The second-order valence-electron chi connectivity index (χ2n) is 5.98. The summed E-state index contributed by atoms with van der Waals surface area (Å²) in [5, 5.41) is 0.936. The smallest absolute Gasteiger partial charge is 0.497 e. The third-order valence-corrected chi connectivity index (χ3v) is 3.82. The average Bonchev–Trinajstić information content (AvgIpc) is 2.97. The van der Waals surface area contributed by atoms with Gasteiger partial charge in [-0.3, -0.25) is 4.57 Å². The Morgan fingerprint density at radius 2 is 1.92 bits per heavy atom. The highest BCUT2D eigenvalue weighted by molar-refractivity contribution is 5.92. The number of hydrogen-bond donors (Lipinski definition) is 0. The molecule has 0 fully saturated rings. The van der Waals surface area contributed by atoms with Crippen LogP contribution in [0.3, 0.4) is 0 Å². The molecule has 0 aliphatic carbocycles. The molecule has 0 saturated carbocycles. The van der Waals surface area contributed by atoms with Gasteiger partial charge in [-0.1, -0.05) is 0 Å². The highest BCUT2D eigenvalue weighted by Crippen LogP contribution is 2.27. The molecule has 1 aromatic carbocycles. The fourth-order valence-electron chi connectivity index (χ4n) is 2.50. The highest BCUT2D eigenvalue weighted by Gasteiger charge is 2.19. The number of carbonyl (C=O) groups excluding carboxylic acids is 2. The third-order valence-electron chi connectivity index (χ3n) is 3.82. The lowest BCUT2D eigenvalue weighted by Crippen LogP contribution is -2.24. The van der Waals surface area contributed by atoms with Crippen LogP contribution in [0.25, 0.3) is 10.9 Å². The van der Waals surface area contributed by atoms with Gasteiger partial charge in [-0.15, -0.1) is 0 Å². The van der Waals surface area contributed by atoms with Crippen LogP contribution in [-0.4, -0.2) is 62.9 Å². The number of ether oxygens (including phenoxy) is 4. The minimum absolute atomic E-state index is 0.627. The molecule has 0 spiro atoms. The van der Waals surface area contributed by atoms with E-state index in [4.69, 9.17) is 14.2 Å². The van der Waals surface area contributed by atoms with Crippen LogP contribution in [0.5, 0.6) is 5.75 Å². The zero-order valence-electron chi connectivity index (χ0n) is 15.6. The number of methoxy groups -OCH3 is 2. The Labute approximate surface area is 152 Å². The van der Waals surface area contributed by atoms with Crippen LogP contribution in [0.15, 0.2) is 24.4 Å². The molecule has 8 heteroatoms. The van der Waals surface area contributed by atoms with Crippen molar-refractivity contribution in [3.05, 3.63) is 30.0 Å². The molecule has 26 heavy (non-hydrogen) atoms. The second-order valence-corrected chi connectivity index (χ2v) is 5.98. The molecule has 1 atom stereocenters. The molecule has 2 aromatic rings. The Kier molecular flexibility index (Phi) is 6.46. The SMILES string of the molecule is COC(=O)OC(C)OC(=O)n1cc(CCN(C)C)c2ccc(OC)cc21. The first-order valence-electron chi connectivity index (χ1n) is 8.14. The van der Waals surface area contributed by atoms with Gasteiger partial charge in [-0.25, -0.2) is 9.59 Å². The summed E-state index contributed by atoms with van der Waals surface area (Å²) in [5.41, 5.74) is 1.67. The van der Waals surface area contributed by atoms with Gasteiger partial charge in [0.2, 0.25) is 6.29 Å². The van der Waals surface area contributed by atoms with E-state index in [2.05, 4.69) is 9.64 Å². The molecule has 0 radical (unpaired) electrons. The van der Waals surface area contributed by atoms with Crippen molar-refractivity contribution in [1.29, 1.82) is 0 Å². The molecule has 0 saturated heterocycles. The van der Waals surface area contributed by atoms with Gasteiger partial charge in [0.15, 0.2) is 0 Å². The minimum atomic E-state index is -1.08. The molecule has 1 aromatic heterocycles. The average molecular weight is 364 g/mol. The summed E-state index contributed by atoms with van der Waals surface area (Å²) in [6, 6.07) is 5.53. The molecule has 142 valence electrons. The Morgan fingerprint density at radius 3 is 2.54 bits per heavy atom. The van der Waals surface area contributed by atoms with Crippen molar-refractivity contribution in [2.45, 2.75) is 19.6 Å². The molecule has 2 rings (SSSR count). The lowest BCUT2D eigenvalue weighted by Gasteiger charge is -2.13. The monoisotopic (exact) mass is 364 g/mol. The third kappa shape index (κ3) is 4.66. The topological polar surface area (TPSA) is 79.2 Å². The number of carbonyl (C=O) groups is 2. The highest BCUT2D eigenvalue weighted by atomic mass is 16.8. The number of rotatable bonds is 6. The van der Waals surface area contributed by atoms with Crippen LogP contribution in [0.4, 0.5) is 9.59 Å². The van der Waals surface area contributed by atoms with E-state index >= 15 is 0 Å². The Bertz CT molecular complexity index is 783. The fourth-order valence-corrected chi connectivity index (χ4v) is 2.50. The molecule has 8 nitrogen and oxygen atoms in total. The molecule has 1 unspecified atom stereocenters. The van der Waals surface area contributed by atoms with E-state index in [0.717, 1.165) is 23.9 Å². The van der Waals surface area contributed by atoms with Gasteiger partial charge in [0.25, 0.3) is 0 Å². The quantitative estimate of drug-likeness (QED) is 0.576. The van der Waals surface area contributed by atoms with E-state index in [1.807, 2.05) is 26.2 Å². The van der Waals surface area contributed by atoms with Gasteiger partial charge >= 0.3 is 12.2 Å². The fraction of sp³-hybridized carbons (Fsp3) is 0.444. The van der Waals surface area contributed by atoms with E-state index in [1.54, 1.807) is 19.4 Å². The Morgan fingerprint density at radius 1 is 1.19 bits per heavy atom. The van der Waals surface area contributed by atoms with Crippen molar-refractivity contribution in [1.82, 2.24) is 9.47 Å². The molecule has 1 heterocycles. The van der Waals surface area contributed by atoms with Crippen LogP contribution in [0.1, 0.15) is 12.5 Å². The van der Waals surface area contributed by atoms with Crippen LogP contribution in [-0.2, 0) is 20.6 Å². The number of fused-ring (bicyclic) bond motifs is 1. The normalized spacial score (nSPS) is 12.1. The summed E-state index contributed by atoms with van der Waals surface area (Å²) >= 11 is 0. The summed E-state index contributed by atoms with van der Waals surface area (Å²) in [6.45, 7) is 2.27. The maximum atomic E-state index is 12.5. The summed E-state index contributed by atoms with van der Waals surface area (Å²) in [6.07, 6.45) is -0.152. The van der Waals surface area contributed by atoms with Gasteiger partial charge in [0, 0.05) is 31.1 Å². The maximum absolute atomic E-state index is 12.5. The largest absolute Gasteiger partial charge is 0.511 e. The van der Waals surface area contributed by atoms with Gasteiger partial charge in [-0.2, -0.15) is 0 Å². The first kappa shape index (κ1) is 19.6. The molecular weight excluding hydrogens is 340 g/mol. The predicted octanol–water partition coefficient (Wildman–Crippen LogP) is 2.87. The van der Waals surface area contributed by atoms with Crippen LogP contribution >= 0.6 is 0 Å². The molecular formula is C18H24N2O6. The minimum Gasteiger partial charge on any atom is -0.497 e. The van der Waals surface area contributed by atoms with Gasteiger partial charge < -0.3 is 23.8 Å². The molecule has 0 N–H and O–H groups in total. The van der Waals surface area contributed by atoms with Crippen molar-refractivity contribution in [3.8, 4) is 5.75 Å². The van der Waals surface area contributed by atoms with Crippen molar-refractivity contribution in [3.63, 3.8) is 0 Å². The molecule has 0 aliphatic heterocycles. The first-order chi connectivity index (χ1) is 12.3. The van der Waals surface area contributed by atoms with Crippen molar-refractivity contribution in [2.24, 2.45) is 0 Å². The van der Waals surface area contributed by atoms with Crippen LogP contribution < -0.4 is 4.74 Å². The van der Waals surface area contributed by atoms with Crippen LogP contribution in [0, 0.1) is 0 Å². The summed E-state index contributed by atoms with van der Waals surface area (Å²) < 4.78 is 21.0. The van der Waals surface area contributed by atoms with Crippen molar-refractivity contribution >= 4 is 23.2 Å². The maximum Gasteiger partial charge on any atom is 0.511 e. The standard InChI is InChI=1S/C18H24N2O6/c1-12(26-18(22)24-5)25-17(21)20-11-13(8-9-19(2)3)15-7-6-14(23-4)10-16(15)20/h6-7,10-12H,8-9H2,1-5H3. The lowest BCUT2D eigenvalue weighted by atomic mass is 10.1. The number of benzene rings is 1. The lowest BCUT2D eigenvalue weighted by molar-refractivity contribution is -0.0695. The first-order valence-corrected chi connectivity index (χ1v) is 8.14. The van der Waals surface area contributed by atoms with Crippen LogP contribution in [0.2, 0.25) is 0 Å². The number of hydrogen-bond acceptors (Lipinski definition) is 7. The summed E-state index contributed by atoms with van der Waals surface area (Å²) in [7, 11) is 6.72. The zero-order valence-corrected chi connectivity index (χ0v) is 15.6. The number of aromatic nitrogens is 1. The number of likely N-dealkylation sites (N-methyl/N-ethyl adjacent to an activating group) is 1. The van der Waals surface area contributed by atoms with E-state index in [9.17, 15) is 9.59 Å². The van der Waals surface area contributed by atoms with Gasteiger partial charge in [0.05, 0.1) is 19.7 Å². The van der Waals surface area contributed by atoms with Crippen molar-refractivity contribution in [2.75, 3.05) is 34.9 Å². The number of nitrogens with zero attached hydrogens (tertiary/aromatic N) is 2.